The van der Waals surface area contributed by atoms with E-state index in [4.69, 9.17) is 18.9 Å². The molecule has 0 amide bonds. The second kappa shape index (κ2) is 13.9. The number of rotatable bonds is 14. The Morgan fingerprint density at radius 1 is 0.837 bits per heavy atom. The number of ether oxygens (including phenoxy) is 2. The summed E-state index contributed by atoms with van der Waals surface area (Å²) < 4.78 is 18.2. The maximum atomic E-state index is 12.5. The predicted molar refractivity (Wildman–Crippen MR) is 168 cm³/mol. The number of benzene rings is 4. The van der Waals surface area contributed by atoms with Gasteiger partial charge in [0.25, 0.3) is 0 Å². The van der Waals surface area contributed by atoms with Gasteiger partial charge in [-0.25, -0.2) is 9.78 Å². The molecule has 6 heteroatoms. The van der Waals surface area contributed by atoms with Crippen LogP contribution in [0.1, 0.15) is 43.2 Å². The molecule has 0 fully saturated rings. The van der Waals surface area contributed by atoms with Gasteiger partial charge in [0.1, 0.15) is 17.3 Å². The highest BCUT2D eigenvalue weighted by molar-refractivity contribution is 5.78. The normalized spacial score (nSPS) is 12.4. The van der Waals surface area contributed by atoms with Gasteiger partial charge < -0.3 is 19.0 Å². The van der Waals surface area contributed by atoms with Crippen molar-refractivity contribution in [2.24, 2.45) is 0 Å². The van der Waals surface area contributed by atoms with E-state index in [1.165, 1.54) is 0 Å². The van der Waals surface area contributed by atoms with Gasteiger partial charge in [-0.2, -0.15) is 0 Å². The molecular formula is C37H37NO5. The van der Waals surface area contributed by atoms with Crippen molar-refractivity contribution in [1.29, 1.82) is 0 Å². The fourth-order valence-corrected chi connectivity index (χ4v) is 5.12. The number of aryl methyl sites for hydroxylation is 1. The molecule has 0 aliphatic rings. The Morgan fingerprint density at radius 2 is 1.51 bits per heavy atom. The zero-order valence-corrected chi connectivity index (χ0v) is 24.7. The van der Waals surface area contributed by atoms with E-state index < -0.39 is 11.6 Å². The number of hydrogen-bond acceptors (Lipinski definition) is 5. The van der Waals surface area contributed by atoms with Gasteiger partial charge in [-0.3, -0.25) is 0 Å². The van der Waals surface area contributed by atoms with E-state index in [0.29, 0.717) is 36.8 Å². The van der Waals surface area contributed by atoms with Crippen molar-refractivity contribution in [3.8, 4) is 34.1 Å². The molecule has 5 rings (SSSR count). The van der Waals surface area contributed by atoms with Crippen LogP contribution in [0.5, 0.6) is 11.5 Å². The molecule has 1 heterocycles. The summed E-state index contributed by atoms with van der Waals surface area (Å²) in [7, 11) is 0. The number of aliphatic carboxylic acids is 1. The minimum absolute atomic E-state index is 0.254. The van der Waals surface area contributed by atoms with Crippen LogP contribution in [-0.2, 0) is 17.6 Å². The standard InChI is InChI=1S/C37H37NO5/c1-3-4-23-37(36(39)40,43-33-16-9-6-10-17-33)26-28-18-20-32(21-19-28)41-24-22-34-27(2)42-35(38-34)31-15-11-14-30(25-31)29-12-7-5-8-13-29/h5-21,25H,3-4,22-24,26H2,1-2H3,(H,39,40). The molecule has 1 N–H and O–H groups in total. The van der Waals surface area contributed by atoms with E-state index in [0.717, 1.165) is 46.5 Å². The van der Waals surface area contributed by atoms with Crippen molar-refractivity contribution < 1.29 is 23.8 Å². The molecule has 5 aromatic rings. The second-order valence-corrected chi connectivity index (χ2v) is 10.7. The van der Waals surface area contributed by atoms with Crippen molar-refractivity contribution in [3.63, 3.8) is 0 Å². The van der Waals surface area contributed by atoms with Crippen LogP contribution in [0.2, 0.25) is 0 Å². The summed E-state index contributed by atoms with van der Waals surface area (Å²) in [6.45, 7) is 4.40. The Bertz CT molecular complexity index is 1610. The van der Waals surface area contributed by atoms with Crippen LogP contribution >= 0.6 is 0 Å². The van der Waals surface area contributed by atoms with E-state index in [1.807, 2.05) is 86.6 Å². The molecule has 220 valence electrons. The fraction of sp³-hybridized carbons (Fsp3) is 0.243. The van der Waals surface area contributed by atoms with Crippen LogP contribution in [-0.4, -0.2) is 28.3 Å². The highest BCUT2D eigenvalue weighted by atomic mass is 16.5. The maximum absolute atomic E-state index is 12.5. The Labute approximate surface area is 253 Å². The number of carboxylic acids is 1. The summed E-state index contributed by atoms with van der Waals surface area (Å²) in [5, 5.41) is 10.3. The first kappa shape index (κ1) is 29.6. The molecular weight excluding hydrogens is 538 g/mol. The van der Waals surface area contributed by atoms with Gasteiger partial charge in [0.2, 0.25) is 11.5 Å². The molecule has 0 aliphatic carbocycles. The van der Waals surface area contributed by atoms with Crippen LogP contribution in [0, 0.1) is 6.92 Å². The maximum Gasteiger partial charge on any atom is 0.348 e. The lowest BCUT2D eigenvalue weighted by atomic mass is 9.89. The van der Waals surface area contributed by atoms with Gasteiger partial charge in [0.05, 0.1) is 12.3 Å². The minimum Gasteiger partial charge on any atom is -0.493 e. The highest BCUT2D eigenvalue weighted by Gasteiger charge is 2.40. The summed E-state index contributed by atoms with van der Waals surface area (Å²) >= 11 is 0. The van der Waals surface area contributed by atoms with Crippen molar-refractivity contribution in [2.75, 3.05) is 6.61 Å². The van der Waals surface area contributed by atoms with Crippen LogP contribution < -0.4 is 9.47 Å². The van der Waals surface area contributed by atoms with Crippen molar-refractivity contribution in [3.05, 3.63) is 126 Å². The third-order valence-electron chi connectivity index (χ3n) is 7.51. The number of carboxylic acid groups (broad SMARTS) is 1. The Balaban J connectivity index is 1.21. The van der Waals surface area contributed by atoms with Crippen LogP contribution in [0.25, 0.3) is 22.6 Å². The van der Waals surface area contributed by atoms with Crippen LogP contribution in [0.4, 0.5) is 0 Å². The fourth-order valence-electron chi connectivity index (χ4n) is 5.12. The molecule has 0 saturated carbocycles. The van der Waals surface area contributed by atoms with Gasteiger partial charge in [-0.05, 0) is 72.9 Å². The van der Waals surface area contributed by atoms with Crippen molar-refractivity contribution in [1.82, 2.24) is 4.98 Å². The lowest BCUT2D eigenvalue weighted by Crippen LogP contribution is -2.46. The first-order chi connectivity index (χ1) is 21.0. The average Bonchev–Trinajstić information content (AvgIpc) is 3.41. The van der Waals surface area contributed by atoms with Crippen molar-refractivity contribution in [2.45, 2.75) is 51.6 Å². The molecule has 0 radical (unpaired) electrons. The molecule has 1 aromatic heterocycles. The summed E-state index contributed by atoms with van der Waals surface area (Å²) in [5.41, 5.74) is 3.57. The number of unbranched alkanes of at least 4 members (excludes halogenated alkanes) is 1. The number of aromatic nitrogens is 1. The van der Waals surface area contributed by atoms with Gasteiger partial charge in [-0.1, -0.05) is 86.1 Å². The van der Waals surface area contributed by atoms with Crippen LogP contribution in [0.15, 0.2) is 114 Å². The zero-order chi connectivity index (χ0) is 30.1. The highest BCUT2D eigenvalue weighted by Crippen LogP contribution is 2.30. The lowest BCUT2D eigenvalue weighted by Gasteiger charge is -2.31. The number of nitrogens with zero attached hydrogens (tertiary/aromatic N) is 1. The number of para-hydroxylation sites is 1. The average molecular weight is 576 g/mol. The number of hydrogen-bond donors (Lipinski definition) is 1. The van der Waals surface area contributed by atoms with E-state index in [1.54, 1.807) is 12.1 Å². The lowest BCUT2D eigenvalue weighted by molar-refractivity contribution is -0.156. The third-order valence-corrected chi connectivity index (χ3v) is 7.51. The Kier molecular flexibility index (Phi) is 9.57. The quantitative estimate of drug-likeness (QED) is 0.143. The van der Waals surface area contributed by atoms with Gasteiger partial charge >= 0.3 is 5.97 Å². The molecule has 0 saturated heterocycles. The summed E-state index contributed by atoms with van der Waals surface area (Å²) in [6, 6.07) is 35.2. The van der Waals surface area contributed by atoms with Gasteiger partial charge in [0, 0.05) is 18.4 Å². The first-order valence-corrected chi connectivity index (χ1v) is 14.8. The molecule has 0 spiro atoms. The Hall–Kier alpha value is -4.84. The smallest absolute Gasteiger partial charge is 0.348 e. The number of carbonyl (C=O) groups is 1. The zero-order valence-electron chi connectivity index (χ0n) is 24.7. The molecule has 4 aromatic carbocycles. The number of oxazole rings is 1. The minimum atomic E-state index is -1.34. The van der Waals surface area contributed by atoms with Gasteiger partial charge in [0.15, 0.2) is 0 Å². The molecule has 1 unspecified atom stereocenters. The summed E-state index contributed by atoms with van der Waals surface area (Å²) in [4.78, 5) is 17.3. The Morgan fingerprint density at radius 3 is 2.21 bits per heavy atom. The SMILES string of the molecule is CCCCC(Cc1ccc(OCCc2nc(-c3cccc(-c4ccccc4)c3)oc2C)cc1)(Oc1ccccc1)C(=O)O. The molecule has 6 nitrogen and oxygen atoms in total. The third kappa shape index (κ3) is 7.52. The topological polar surface area (TPSA) is 81.8 Å². The molecule has 43 heavy (non-hydrogen) atoms. The van der Waals surface area contributed by atoms with Gasteiger partial charge in [-0.15, -0.1) is 0 Å². The molecule has 0 bridgehead atoms. The van der Waals surface area contributed by atoms with Crippen LogP contribution in [0.3, 0.4) is 0 Å². The van der Waals surface area contributed by atoms with E-state index in [2.05, 4.69) is 24.3 Å². The summed E-state index contributed by atoms with van der Waals surface area (Å²) in [5.74, 6) is 1.67. The largest absolute Gasteiger partial charge is 0.493 e. The van der Waals surface area contributed by atoms with E-state index >= 15 is 0 Å². The monoisotopic (exact) mass is 575 g/mol. The summed E-state index contributed by atoms with van der Waals surface area (Å²) in [6.07, 6.45) is 2.90. The predicted octanol–water partition coefficient (Wildman–Crippen LogP) is 8.57. The second-order valence-electron chi connectivity index (χ2n) is 10.7. The molecule has 1 atom stereocenters. The first-order valence-electron chi connectivity index (χ1n) is 14.8. The van der Waals surface area contributed by atoms with E-state index in [9.17, 15) is 9.90 Å². The van der Waals surface area contributed by atoms with E-state index in [-0.39, 0.29) is 6.42 Å². The van der Waals surface area contributed by atoms with Crippen molar-refractivity contribution >= 4 is 5.97 Å². The molecule has 0 aliphatic heterocycles.